The standard InChI is InChI=1S/C15H15N3/c1-18-13-5-4-11(15(9-16)6-7-15)8-12(13)17-14(18)10-2-3-10/h4-5,8,10H,2-3,6-7H2,1H3. The van der Waals surface area contributed by atoms with E-state index < -0.39 is 0 Å². The number of imidazole rings is 1. The number of aryl methyl sites for hydroxylation is 1. The van der Waals surface area contributed by atoms with Crippen molar-refractivity contribution in [3.63, 3.8) is 0 Å². The first-order valence-corrected chi connectivity index (χ1v) is 6.62. The number of aromatic nitrogens is 2. The fourth-order valence-corrected chi connectivity index (χ4v) is 2.81. The van der Waals surface area contributed by atoms with Gasteiger partial charge in [-0.2, -0.15) is 5.26 Å². The molecule has 1 heterocycles. The molecule has 18 heavy (non-hydrogen) atoms. The average Bonchev–Trinajstić information content (AvgIpc) is 3.29. The number of rotatable bonds is 2. The number of hydrogen-bond donors (Lipinski definition) is 0. The van der Waals surface area contributed by atoms with Crippen molar-refractivity contribution in [2.24, 2.45) is 7.05 Å². The van der Waals surface area contributed by atoms with Gasteiger partial charge in [-0.15, -0.1) is 0 Å². The second-order valence-electron chi connectivity index (χ2n) is 5.70. The van der Waals surface area contributed by atoms with E-state index in [9.17, 15) is 5.26 Å². The summed E-state index contributed by atoms with van der Waals surface area (Å²) in [5.41, 5.74) is 3.19. The summed E-state index contributed by atoms with van der Waals surface area (Å²) in [7, 11) is 2.10. The number of fused-ring (bicyclic) bond motifs is 1. The van der Waals surface area contributed by atoms with Crippen molar-refractivity contribution >= 4 is 11.0 Å². The topological polar surface area (TPSA) is 41.6 Å². The summed E-state index contributed by atoms with van der Waals surface area (Å²) in [5, 5.41) is 9.26. The van der Waals surface area contributed by atoms with Crippen LogP contribution >= 0.6 is 0 Å². The van der Waals surface area contributed by atoms with Crippen molar-refractivity contribution in [3.8, 4) is 6.07 Å². The van der Waals surface area contributed by atoms with E-state index in [1.165, 1.54) is 24.2 Å². The summed E-state index contributed by atoms with van der Waals surface area (Å²) in [5.74, 6) is 1.88. The molecule has 1 aromatic heterocycles. The first-order valence-electron chi connectivity index (χ1n) is 6.62. The molecule has 3 heteroatoms. The maximum Gasteiger partial charge on any atom is 0.112 e. The molecule has 4 rings (SSSR count). The summed E-state index contributed by atoms with van der Waals surface area (Å²) in [6.45, 7) is 0. The van der Waals surface area contributed by atoms with Gasteiger partial charge in [-0.3, -0.25) is 0 Å². The van der Waals surface area contributed by atoms with Crippen LogP contribution in [0.4, 0.5) is 0 Å². The number of nitriles is 1. The highest BCUT2D eigenvalue weighted by Crippen LogP contribution is 2.48. The molecule has 90 valence electrons. The molecule has 0 bridgehead atoms. The van der Waals surface area contributed by atoms with Crippen LogP contribution in [0.3, 0.4) is 0 Å². The molecule has 0 spiro atoms. The fraction of sp³-hybridized carbons (Fsp3) is 0.467. The van der Waals surface area contributed by atoms with Crippen LogP contribution < -0.4 is 0 Å². The molecular formula is C15H15N3. The minimum absolute atomic E-state index is 0.203. The minimum atomic E-state index is -0.203. The molecule has 2 aromatic rings. The van der Waals surface area contributed by atoms with Crippen LogP contribution in [0.1, 0.15) is 43.0 Å². The van der Waals surface area contributed by atoms with Gasteiger partial charge < -0.3 is 4.57 Å². The highest BCUT2D eigenvalue weighted by atomic mass is 15.1. The predicted octanol–water partition coefficient (Wildman–Crippen LogP) is 3.01. The molecule has 2 fully saturated rings. The van der Waals surface area contributed by atoms with E-state index in [1.807, 2.05) is 0 Å². The molecule has 0 atom stereocenters. The highest BCUT2D eigenvalue weighted by molar-refractivity contribution is 5.78. The van der Waals surface area contributed by atoms with E-state index in [4.69, 9.17) is 4.98 Å². The smallest absolute Gasteiger partial charge is 0.112 e. The van der Waals surface area contributed by atoms with Gasteiger partial charge in [0, 0.05) is 13.0 Å². The highest BCUT2D eigenvalue weighted by Gasteiger charge is 2.45. The zero-order chi connectivity index (χ0) is 12.3. The van der Waals surface area contributed by atoms with Gasteiger partial charge >= 0.3 is 0 Å². The largest absolute Gasteiger partial charge is 0.331 e. The van der Waals surface area contributed by atoms with Crippen LogP contribution in [0.15, 0.2) is 18.2 Å². The summed E-state index contributed by atoms with van der Waals surface area (Å²) in [4.78, 5) is 4.76. The lowest BCUT2D eigenvalue weighted by Crippen LogP contribution is -2.01. The third-order valence-corrected chi connectivity index (χ3v) is 4.37. The molecule has 0 unspecified atom stereocenters. The number of nitrogens with zero attached hydrogens (tertiary/aromatic N) is 3. The molecule has 0 aliphatic heterocycles. The van der Waals surface area contributed by atoms with Crippen molar-refractivity contribution in [2.45, 2.75) is 37.0 Å². The normalized spacial score (nSPS) is 20.9. The first kappa shape index (κ1) is 10.1. The van der Waals surface area contributed by atoms with Crippen LogP contribution in [0.2, 0.25) is 0 Å². The second kappa shape index (κ2) is 3.14. The van der Waals surface area contributed by atoms with Gasteiger partial charge in [-0.1, -0.05) is 6.07 Å². The Balaban J connectivity index is 1.88. The number of benzene rings is 1. The first-order chi connectivity index (χ1) is 8.73. The molecular weight excluding hydrogens is 222 g/mol. The van der Waals surface area contributed by atoms with Gasteiger partial charge in [0.1, 0.15) is 5.82 Å². The quantitative estimate of drug-likeness (QED) is 0.805. The van der Waals surface area contributed by atoms with Gasteiger partial charge in [0.15, 0.2) is 0 Å². The maximum atomic E-state index is 9.26. The van der Waals surface area contributed by atoms with Crippen LogP contribution in [-0.2, 0) is 12.5 Å². The van der Waals surface area contributed by atoms with Gasteiger partial charge in [-0.25, -0.2) is 4.98 Å². The maximum absolute atomic E-state index is 9.26. The van der Waals surface area contributed by atoms with Crippen LogP contribution in [0.25, 0.3) is 11.0 Å². The Morgan fingerprint density at radius 2 is 2.17 bits per heavy atom. The Morgan fingerprint density at radius 3 is 2.78 bits per heavy atom. The molecule has 2 aliphatic carbocycles. The zero-order valence-corrected chi connectivity index (χ0v) is 10.5. The lowest BCUT2D eigenvalue weighted by Gasteiger charge is -2.05. The Kier molecular flexibility index (Phi) is 1.77. The van der Waals surface area contributed by atoms with Crippen molar-refractivity contribution in [2.75, 3.05) is 0 Å². The molecule has 3 nitrogen and oxygen atoms in total. The molecule has 2 saturated carbocycles. The third-order valence-electron chi connectivity index (χ3n) is 4.37. The van der Waals surface area contributed by atoms with Gasteiger partial charge in [-0.05, 0) is 43.4 Å². The predicted molar refractivity (Wildman–Crippen MR) is 69.2 cm³/mol. The summed E-state index contributed by atoms with van der Waals surface area (Å²) >= 11 is 0. The Labute approximate surface area is 106 Å². The zero-order valence-electron chi connectivity index (χ0n) is 10.5. The van der Waals surface area contributed by atoms with Gasteiger partial charge in [0.05, 0.1) is 22.5 Å². The minimum Gasteiger partial charge on any atom is -0.331 e. The van der Waals surface area contributed by atoms with Crippen molar-refractivity contribution < 1.29 is 0 Å². The second-order valence-corrected chi connectivity index (χ2v) is 5.70. The van der Waals surface area contributed by atoms with E-state index in [1.54, 1.807) is 0 Å². The lowest BCUT2D eigenvalue weighted by molar-refractivity contribution is 0.820. The van der Waals surface area contributed by atoms with Crippen molar-refractivity contribution in [3.05, 3.63) is 29.6 Å². The molecule has 0 N–H and O–H groups in total. The van der Waals surface area contributed by atoms with Crippen molar-refractivity contribution in [1.29, 1.82) is 5.26 Å². The van der Waals surface area contributed by atoms with E-state index in [0.29, 0.717) is 5.92 Å². The number of hydrogen-bond acceptors (Lipinski definition) is 2. The fourth-order valence-electron chi connectivity index (χ4n) is 2.81. The van der Waals surface area contributed by atoms with E-state index in [0.717, 1.165) is 23.9 Å². The van der Waals surface area contributed by atoms with E-state index in [2.05, 4.69) is 35.9 Å². The molecule has 0 amide bonds. The van der Waals surface area contributed by atoms with E-state index >= 15 is 0 Å². The van der Waals surface area contributed by atoms with Gasteiger partial charge in [0.2, 0.25) is 0 Å². The SMILES string of the molecule is Cn1c(C2CC2)nc2cc(C3(C#N)CC3)ccc21. The Hall–Kier alpha value is -1.82. The molecule has 0 radical (unpaired) electrons. The average molecular weight is 237 g/mol. The summed E-state index contributed by atoms with van der Waals surface area (Å²) in [6, 6.07) is 8.81. The van der Waals surface area contributed by atoms with Crippen LogP contribution in [0.5, 0.6) is 0 Å². The molecule has 2 aliphatic rings. The molecule has 0 saturated heterocycles. The molecule has 1 aromatic carbocycles. The summed E-state index contributed by atoms with van der Waals surface area (Å²) in [6.07, 6.45) is 4.53. The lowest BCUT2D eigenvalue weighted by atomic mass is 9.97. The van der Waals surface area contributed by atoms with Crippen LogP contribution in [-0.4, -0.2) is 9.55 Å². The van der Waals surface area contributed by atoms with Crippen molar-refractivity contribution in [1.82, 2.24) is 9.55 Å². The Bertz CT molecular complexity index is 682. The summed E-state index contributed by atoms with van der Waals surface area (Å²) < 4.78 is 2.21. The van der Waals surface area contributed by atoms with Gasteiger partial charge in [0.25, 0.3) is 0 Å². The Morgan fingerprint density at radius 1 is 1.39 bits per heavy atom. The third kappa shape index (κ3) is 1.26. The van der Waals surface area contributed by atoms with E-state index in [-0.39, 0.29) is 5.41 Å². The monoisotopic (exact) mass is 237 g/mol. The van der Waals surface area contributed by atoms with Crippen LogP contribution in [0, 0.1) is 11.3 Å².